The van der Waals surface area contributed by atoms with Crippen molar-refractivity contribution in [2.24, 2.45) is 0 Å². The van der Waals surface area contributed by atoms with Gasteiger partial charge in [-0.15, -0.1) is 6.42 Å². The van der Waals surface area contributed by atoms with E-state index in [0.29, 0.717) is 5.56 Å². The number of hydrogen-bond donors (Lipinski definition) is 2. The summed E-state index contributed by atoms with van der Waals surface area (Å²) in [5, 5.41) is 11.3. The molecule has 0 unspecified atom stereocenters. The zero-order chi connectivity index (χ0) is 17.5. The van der Waals surface area contributed by atoms with E-state index in [1.807, 2.05) is 0 Å². The molecule has 0 aliphatic rings. The van der Waals surface area contributed by atoms with E-state index >= 15 is 0 Å². The summed E-state index contributed by atoms with van der Waals surface area (Å²) >= 11 is 0. The number of terminal acetylenes is 1. The smallest absolute Gasteiger partial charge is 0.408 e. The van der Waals surface area contributed by atoms with E-state index in [-0.39, 0.29) is 6.61 Å². The summed E-state index contributed by atoms with van der Waals surface area (Å²) in [6.45, 7) is 4.81. The fourth-order valence-electron chi connectivity index (χ4n) is 1.75. The lowest BCUT2D eigenvalue weighted by atomic mass is 10.1. The first kappa shape index (κ1) is 18.5. The summed E-state index contributed by atoms with van der Waals surface area (Å²) in [6, 6.07) is 6.42. The SMILES string of the molecule is C#Cc1ccc([C@H](COCC(=O)O)NC(=O)OC(C)(C)C)cc1. The number of hydrogen-bond acceptors (Lipinski definition) is 4. The molecule has 0 aliphatic carbocycles. The molecule has 0 heterocycles. The van der Waals surface area contributed by atoms with E-state index in [1.54, 1.807) is 45.0 Å². The Morgan fingerprint density at radius 1 is 1.30 bits per heavy atom. The van der Waals surface area contributed by atoms with Gasteiger partial charge in [-0.2, -0.15) is 0 Å². The van der Waals surface area contributed by atoms with Crippen molar-refractivity contribution >= 4 is 12.1 Å². The number of rotatable bonds is 6. The second-order valence-electron chi connectivity index (χ2n) is 5.87. The van der Waals surface area contributed by atoms with E-state index in [4.69, 9.17) is 21.0 Å². The van der Waals surface area contributed by atoms with Crippen LogP contribution in [0.15, 0.2) is 24.3 Å². The van der Waals surface area contributed by atoms with Crippen LogP contribution in [-0.2, 0) is 14.3 Å². The molecule has 23 heavy (non-hydrogen) atoms. The largest absolute Gasteiger partial charge is 0.480 e. The Balaban J connectivity index is 2.81. The third-order valence-electron chi connectivity index (χ3n) is 2.68. The molecule has 6 nitrogen and oxygen atoms in total. The summed E-state index contributed by atoms with van der Waals surface area (Å²) in [4.78, 5) is 22.5. The molecule has 1 aromatic rings. The van der Waals surface area contributed by atoms with Gasteiger partial charge < -0.3 is 19.9 Å². The lowest BCUT2D eigenvalue weighted by Crippen LogP contribution is -2.37. The van der Waals surface area contributed by atoms with Crippen molar-refractivity contribution in [1.82, 2.24) is 5.32 Å². The van der Waals surface area contributed by atoms with E-state index in [1.165, 1.54) is 0 Å². The highest BCUT2D eigenvalue weighted by Crippen LogP contribution is 2.16. The van der Waals surface area contributed by atoms with Crippen LogP contribution >= 0.6 is 0 Å². The monoisotopic (exact) mass is 319 g/mol. The molecule has 0 bridgehead atoms. The van der Waals surface area contributed by atoms with Gasteiger partial charge in [-0.25, -0.2) is 9.59 Å². The van der Waals surface area contributed by atoms with Crippen LogP contribution in [-0.4, -0.2) is 36.0 Å². The molecule has 0 radical (unpaired) electrons. The number of nitrogens with one attached hydrogen (secondary N) is 1. The molecule has 1 amide bonds. The van der Waals surface area contributed by atoms with Gasteiger partial charge in [-0.1, -0.05) is 18.1 Å². The zero-order valence-electron chi connectivity index (χ0n) is 13.5. The van der Waals surface area contributed by atoms with Crippen molar-refractivity contribution in [2.45, 2.75) is 32.4 Å². The van der Waals surface area contributed by atoms with Crippen LogP contribution < -0.4 is 5.32 Å². The third-order valence-corrected chi connectivity index (χ3v) is 2.68. The molecule has 0 aromatic heterocycles. The Morgan fingerprint density at radius 3 is 2.39 bits per heavy atom. The average molecular weight is 319 g/mol. The Labute approximate surface area is 135 Å². The van der Waals surface area contributed by atoms with Gasteiger partial charge in [0.05, 0.1) is 12.6 Å². The van der Waals surface area contributed by atoms with Crippen LogP contribution in [0.2, 0.25) is 0 Å². The quantitative estimate of drug-likeness (QED) is 0.786. The Bertz CT molecular complexity index is 580. The van der Waals surface area contributed by atoms with Crippen LogP contribution in [0.5, 0.6) is 0 Å². The van der Waals surface area contributed by atoms with E-state index in [2.05, 4.69) is 11.2 Å². The highest BCUT2D eigenvalue weighted by Gasteiger charge is 2.21. The minimum Gasteiger partial charge on any atom is -0.480 e. The molecule has 0 saturated heterocycles. The van der Waals surface area contributed by atoms with Gasteiger partial charge in [-0.05, 0) is 38.5 Å². The fraction of sp³-hybridized carbons (Fsp3) is 0.412. The number of carbonyl (C=O) groups excluding carboxylic acids is 1. The summed E-state index contributed by atoms with van der Waals surface area (Å²) in [5.41, 5.74) is 0.806. The summed E-state index contributed by atoms with van der Waals surface area (Å²) in [6.07, 6.45) is 4.70. The number of aliphatic carboxylic acids is 1. The normalized spacial score (nSPS) is 12.1. The highest BCUT2D eigenvalue weighted by atomic mass is 16.6. The zero-order valence-corrected chi connectivity index (χ0v) is 13.5. The number of benzene rings is 1. The maximum absolute atomic E-state index is 11.9. The first-order chi connectivity index (χ1) is 10.7. The second-order valence-corrected chi connectivity index (χ2v) is 5.87. The average Bonchev–Trinajstić information content (AvgIpc) is 2.44. The number of carboxylic acids is 1. The van der Waals surface area contributed by atoms with Gasteiger partial charge in [0, 0.05) is 5.56 Å². The maximum Gasteiger partial charge on any atom is 0.408 e. The number of carboxylic acid groups (broad SMARTS) is 1. The lowest BCUT2D eigenvalue weighted by molar-refractivity contribution is -0.142. The van der Waals surface area contributed by atoms with Crippen LogP contribution in [0.25, 0.3) is 0 Å². The van der Waals surface area contributed by atoms with Crippen molar-refractivity contribution in [2.75, 3.05) is 13.2 Å². The van der Waals surface area contributed by atoms with Crippen molar-refractivity contribution in [3.63, 3.8) is 0 Å². The number of amides is 1. The topological polar surface area (TPSA) is 84.9 Å². The molecule has 6 heteroatoms. The second kappa shape index (κ2) is 8.20. The lowest BCUT2D eigenvalue weighted by Gasteiger charge is -2.24. The molecule has 1 atom stereocenters. The van der Waals surface area contributed by atoms with Gasteiger partial charge in [0.15, 0.2) is 0 Å². The van der Waals surface area contributed by atoms with E-state index in [9.17, 15) is 9.59 Å². The summed E-state index contributed by atoms with van der Waals surface area (Å²) in [5.74, 6) is 1.42. The Hall–Kier alpha value is -2.52. The van der Waals surface area contributed by atoms with Crippen molar-refractivity contribution in [1.29, 1.82) is 0 Å². The number of carbonyl (C=O) groups is 2. The van der Waals surface area contributed by atoms with Crippen molar-refractivity contribution in [3.05, 3.63) is 35.4 Å². The molecular weight excluding hydrogens is 298 g/mol. The van der Waals surface area contributed by atoms with Crippen LogP contribution in [0.1, 0.15) is 37.9 Å². The van der Waals surface area contributed by atoms with E-state index < -0.39 is 30.3 Å². The van der Waals surface area contributed by atoms with Gasteiger partial charge in [-0.3, -0.25) is 0 Å². The Morgan fingerprint density at radius 2 is 1.91 bits per heavy atom. The van der Waals surface area contributed by atoms with Crippen molar-refractivity contribution in [3.8, 4) is 12.3 Å². The molecule has 0 spiro atoms. The molecule has 124 valence electrons. The first-order valence-electron chi connectivity index (χ1n) is 7.07. The number of ether oxygens (including phenoxy) is 2. The molecule has 0 aliphatic heterocycles. The van der Waals surface area contributed by atoms with Gasteiger partial charge in [0.2, 0.25) is 0 Å². The maximum atomic E-state index is 11.9. The molecule has 0 saturated carbocycles. The standard InChI is InChI=1S/C17H21NO5/c1-5-12-6-8-13(9-7-12)14(10-22-11-15(19)20)18-16(21)23-17(2,3)4/h1,6-9,14H,10-11H2,2-4H3,(H,18,21)(H,19,20)/t14-/m0/s1. The molecule has 1 aromatic carbocycles. The van der Waals surface area contributed by atoms with Gasteiger partial charge in [0.1, 0.15) is 12.2 Å². The van der Waals surface area contributed by atoms with Gasteiger partial charge >= 0.3 is 12.1 Å². The minimum absolute atomic E-state index is 0.000936. The van der Waals surface area contributed by atoms with E-state index in [0.717, 1.165) is 5.56 Å². The Kier molecular flexibility index (Phi) is 6.61. The third kappa shape index (κ3) is 7.34. The van der Waals surface area contributed by atoms with Crippen LogP contribution in [0, 0.1) is 12.3 Å². The van der Waals surface area contributed by atoms with Crippen LogP contribution in [0.4, 0.5) is 4.79 Å². The molecule has 1 rings (SSSR count). The summed E-state index contributed by atoms with van der Waals surface area (Å²) in [7, 11) is 0. The molecular formula is C17H21NO5. The highest BCUT2D eigenvalue weighted by molar-refractivity contribution is 5.69. The predicted octanol–water partition coefficient (Wildman–Crippen LogP) is 2.33. The fourth-order valence-corrected chi connectivity index (χ4v) is 1.75. The van der Waals surface area contributed by atoms with Crippen molar-refractivity contribution < 1.29 is 24.2 Å². The molecule has 2 N–H and O–H groups in total. The van der Waals surface area contributed by atoms with Crippen LogP contribution in [0.3, 0.4) is 0 Å². The summed E-state index contributed by atoms with van der Waals surface area (Å²) < 4.78 is 10.3. The van der Waals surface area contributed by atoms with Gasteiger partial charge in [0.25, 0.3) is 0 Å². The minimum atomic E-state index is -1.08. The first-order valence-corrected chi connectivity index (χ1v) is 7.07. The predicted molar refractivity (Wildman–Crippen MR) is 84.9 cm³/mol. The molecule has 0 fully saturated rings. The number of alkyl carbamates (subject to hydrolysis) is 1.